The lowest BCUT2D eigenvalue weighted by molar-refractivity contribution is 0.0223. The molecule has 0 amide bonds. The molecule has 7 rings (SSSR count). The van der Waals surface area contributed by atoms with Crippen molar-refractivity contribution in [3.63, 3.8) is 0 Å². The lowest BCUT2D eigenvalue weighted by Gasteiger charge is -2.38. The van der Waals surface area contributed by atoms with E-state index in [0.717, 1.165) is 0 Å². The van der Waals surface area contributed by atoms with E-state index in [1.165, 1.54) is 0 Å². The van der Waals surface area contributed by atoms with Gasteiger partial charge in [0.25, 0.3) is 0 Å². The molecule has 1 unspecified atom stereocenters. The lowest BCUT2D eigenvalue weighted by atomic mass is 9.76. The van der Waals surface area contributed by atoms with Crippen molar-refractivity contribution in [1.82, 2.24) is 0 Å². The molecule has 0 radical (unpaired) electrons. The zero-order valence-electron chi connectivity index (χ0n) is 23.4. The van der Waals surface area contributed by atoms with E-state index >= 15 is 0 Å². The largest absolute Gasteiger partial charge is 0.455 e. The van der Waals surface area contributed by atoms with Gasteiger partial charge in [0.15, 0.2) is 5.60 Å². The number of ether oxygens (including phenoxy) is 4. The summed E-state index contributed by atoms with van der Waals surface area (Å²) in [6.07, 6.45) is 0. The third-order valence-electron chi connectivity index (χ3n) is 7.86. The molecule has 0 saturated heterocycles. The standard InChI is InChI=1S/C36H22BrIO7/c37-19-24-29(42-33(39)21-9-3-1-4-10-21)17-15-27-31(24)44-32-25(20-38)30(43-34(40)22-11-5-2-6-12-22)18-16-28(32)36(27)26-14-8-7-13-23(26)35(41)45-36/h1-18H,19-20H2. The summed E-state index contributed by atoms with van der Waals surface area (Å²) in [5.41, 5.74) is 2.86. The zero-order chi connectivity index (χ0) is 31.1. The number of carbonyl (C=O) groups is 3. The maximum atomic E-state index is 13.4. The van der Waals surface area contributed by atoms with Crippen molar-refractivity contribution in [2.45, 2.75) is 15.4 Å². The molecule has 0 aromatic heterocycles. The van der Waals surface area contributed by atoms with Gasteiger partial charge in [-0.05, 0) is 54.6 Å². The number of fused-ring (bicyclic) bond motifs is 6. The Hall–Kier alpha value is -4.48. The number of halogens is 2. The van der Waals surface area contributed by atoms with Crippen molar-refractivity contribution in [1.29, 1.82) is 0 Å². The summed E-state index contributed by atoms with van der Waals surface area (Å²) in [5.74, 6) is -0.127. The van der Waals surface area contributed by atoms with Gasteiger partial charge >= 0.3 is 17.9 Å². The fourth-order valence-electron chi connectivity index (χ4n) is 5.78. The molecule has 7 nitrogen and oxygen atoms in total. The maximum Gasteiger partial charge on any atom is 0.343 e. The Labute approximate surface area is 280 Å². The molecule has 0 bridgehead atoms. The normalized spacial score (nSPS) is 15.7. The quantitative estimate of drug-likeness (QED) is 0.0741. The molecule has 0 N–H and O–H groups in total. The SMILES string of the molecule is O=C(Oc1ccc2c(c1CBr)Oc1c(ccc(OC(=O)c3ccccc3)c1CI)C21OC(=O)c2ccccc21)c1ccccc1. The first-order chi connectivity index (χ1) is 22.0. The molecule has 5 aromatic rings. The fourth-order valence-corrected chi connectivity index (χ4v) is 7.04. The van der Waals surface area contributed by atoms with Gasteiger partial charge in [-0.3, -0.25) is 0 Å². The van der Waals surface area contributed by atoms with Crippen LogP contribution in [0.15, 0.2) is 109 Å². The molecular weight excluding hydrogens is 751 g/mol. The summed E-state index contributed by atoms with van der Waals surface area (Å²) >= 11 is 5.76. The van der Waals surface area contributed by atoms with E-state index in [1.807, 2.05) is 24.3 Å². The molecular formula is C36H22BrIO7. The van der Waals surface area contributed by atoms with Gasteiger partial charge < -0.3 is 18.9 Å². The molecule has 0 saturated carbocycles. The number of hydrogen-bond donors (Lipinski definition) is 0. The van der Waals surface area contributed by atoms with Gasteiger partial charge in [-0.1, -0.05) is 93.1 Å². The van der Waals surface area contributed by atoms with Crippen LogP contribution in [0.5, 0.6) is 23.0 Å². The second-order valence-electron chi connectivity index (χ2n) is 10.3. The van der Waals surface area contributed by atoms with E-state index in [-0.39, 0.29) is 5.33 Å². The van der Waals surface area contributed by atoms with Crippen LogP contribution >= 0.6 is 38.5 Å². The van der Waals surface area contributed by atoms with Gasteiger partial charge in [0.2, 0.25) is 0 Å². The molecule has 1 atom stereocenters. The second kappa shape index (κ2) is 11.8. The first-order valence-electron chi connectivity index (χ1n) is 14.0. The Balaban J connectivity index is 1.42. The Morgan fingerprint density at radius 1 is 0.667 bits per heavy atom. The topological polar surface area (TPSA) is 88.1 Å². The van der Waals surface area contributed by atoms with Crippen molar-refractivity contribution in [2.24, 2.45) is 0 Å². The molecule has 222 valence electrons. The highest BCUT2D eigenvalue weighted by molar-refractivity contribution is 14.1. The third-order valence-corrected chi connectivity index (χ3v) is 9.18. The average Bonchev–Trinajstić information content (AvgIpc) is 3.37. The molecule has 2 heterocycles. The van der Waals surface area contributed by atoms with Gasteiger partial charge in [0, 0.05) is 37.6 Å². The van der Waals surface area contributed by atoms with Crippen LogP contribution in [0.3, 0.4) is 0 Å². The summed E-state index contributed by atoms with van der Waals surface area (Å²) in [6, 6.07) is 31.6. The van der Waals surface area contributed by atoms with Crippen molar-refractivity contribution >= 4 is 56.4 Å². The lowest BCUT2D eigenvalue weighted by Crippen LogP contribution is -2.34. The van der Waals surface area contributed by atoms with Gasteiger partial charge in [-0.2, -0.15) is 0 Å². The Kier molecular flexibility index (Phi) is 7.66. The first kappa shape index (κ1) is 29.2. The molecule has 0 aliphatic carbocycles. The number of alkyl halides is 2. The minimum atomic E-state index is -1.36. The van der Waals surface area contributed by atoms with E-state index in [2.05, 4.69) is 38.5 Å². The monoisotopic (exact) mass is 772 g/mol. The van der Waals surface area contributed by atoms with Crippen molar-refractivity contribution in [2.75, 3.05) is 0 Å². The maximum absolute atomic E-state index is 13.4. The number of carbonyl (C=O) groups excluding carboxylic acids is 3. The highest BCUT2D eigenvalue weighted by Crippen LogP contribution is 2.59. The Bertz CT molecular complexity index is 1880. The van der Waals surface area contributed by atoms with Gasteiger partial charge in [-0.25, -0.2) is 14.4 Å². The first-order valence-corrected chi connectivity index (χ1v) is 16.6. The van der Waals surface area contributed by atoms with E-state index in [4.69, 9.17) is 18.9 Å². The molecule has 2 aliphatic rings. The minimum Gasteiger partial charge on any atom is -0.455 e. The smallest absolute Gasteiger partial charge is 0.343 e. The fraction of sp³-hybridized carbons (Fsp3) is 0.0833. The van der Waals surface area contributed by atoms with Crippen LogP contribution in [0.4, 0.5) is 0 Å². The average molecular weight is 773 g/mol. The van der Waals surface area contributed by atoms with E-state index < -0.39 is 23.5 Å². The number of benzene rings is 5. The summed E-state index contributed by atoms with van der Waals surface area (Å²) in [6.45, 7) is 0. The van der Waals surface area contributed by atoms with Crippen LogP contribution in [-0.2, 0) is 20.1 Å². The summed E-state index contributed by atoms with van der Waals surface area (Å²) in [4.78, 5) is 39.5. The van der Waals surface area contributed by atoms with Crippen molar-refractivity contribution in [3.8, 4) is 23.0 Å². The number of esters is 3. The second-order valence-corrected chi connectivity index (χ2v) is 11.7. The minimum absolute atomic E-state index is 0.261. The third kappa shape index (κ3) is 4.81. The van der Waals surface area contributed by atoms with E-state index in [9.17, 15) is 14.4 Å². The van der Waals surface area contributed by atoms with Crippen molar-refractivity contribution in [3.05, 3.63) is 154 Å². The highest BCUT2D eigenvalue weighted by Gasteiger charge is 2.54. The summed E-state index contributed by atoms with van der Waals surface area (Å²) < 4.78 is 25.2. The van der Waals surface area contributed by atoms with Crippen LogP contribution in [0.2, 0.25) is 0 Å². The van der Waals surface area contributed by atoms with Crippen LogP contribution < -0.4 is 14.2 Å². The molecule has 9 heteroatoms. The van der Waals surface area contributed by atoms with Crippen LogP contribution in [0, 0.1) is 0 Å². The highest BCUT2D eigenvalue weighted by atomic mass is 127. The van der Waals surface area contributed by atoms with Crippen molar-refractivity contribution < 1.29 is 33.3 Å². The molecule has 45 heavy (non-hydrogen) atoms. The number of rotatable bonds is 6. The zero-order valence-corrected chi connectivity index (χ0v) is 27.2. The van der Waals surface area contributed by atoms with Gasteiger partial charge in [0.05, 0.1) is 16.7 Å². The molecule has 5 aromatic carbocycles. The number of hydrogen-bond acceptors (Lipinski definition) is 7. The molecule has 1 spiro atoms. The van der Waals surface area contributed by atoms with E-state index in [0.29, 0.717) is 71.9 Å². The molecule has 0 fully saturated rings. The summed E-state index contributed by atoms with van der Waals surface area (Å²) in [7, 11) is 0. The van der Waals surface area contributed by atoms with Gasteiger partial charge in [0.1, 0.15) is 23.0 Å². The predicted molar refractivity (Wildman–Crippen MR) is 178 cm³/mol. The van der Waals surface area contributed by atoms with Crippen LogP contribution in [-0.4, -0.2) is 17.9 Å². The molecule has 2 aliphatic heterocycles. The van der Waals surface area contributed by atoms with Gasteiger partial charge in [-0.15, -0.1) is 0 Å². The Morgan fingerprint density at radius 2 is 1.18 bits per heavy atom. The Morgan fingerprint density at radius 3 is 1.73 bits per heavy atom. The summed E-state index contributed by atoms with van der Waals surface area (Å²) in [5, 5.41) is 0.261. The van der Waals surface area contributed by atoms with Crippen LogP contribution in [0.25, 0.3) is 0 Å². The predicted octanol–water partition coefficient (Wildman–Crippen LogP) is 8.52. The van der Waals surface area contributed by atoms with E-state index in [1.54, 1.807) is 84.9 Å². The van der Waals surface area contributed by atoms with Crippen LogP contribution in [0.1, 0.15) is 58.9 Å².